The zero-order valence-corrected chi connectivity index (χ0v) is 19.3. The normalized spacial score (nSPS) is 10.5. The molecule has 7 heteroatoms. The molecule has 0 saturated carbocycles. The molecule has 1 N–H and O–H groups in total. The summed E-state index contributed by atoms with van der Waals surface area (Å²) in [6.07, 6.45) is 1.80. The van der Waals surface area contributed by atoms with Crippen LogP contribution in [-0.2, 0) is 4.74 Å². The number of carbonyl (C=O) groups is 2. The molecule has 0 fully saturated rings. The highest BCUT2D eigenvalue weighted by molar-refractivity contribution is 9.10. The van der Waals surface area contributed by atoms with Gasteiger partial charge >= 0.3 is 0 Å². The number of anilines is 1. The first-order valence-corrected chi connectivity index (χ1v) is 10.9. The molecule has 6 nitrogen and oxygen atoms in total. The second-order valence-electron chi connectivity index (χ2n) is 6.81. The van der Waals surface area contributed by atoms with Gasteiger partial charge in [-0.05, 0) is 49.2 Å². The predicted octanol–water partition coefficient (Wildman–Crippen LogP) is 4.99. The summed E-state index contributed by atoms with van der Waals surface area (Å²) in [6.45, 7) is 6.29. The van der Waals surface area contributed by atoms with Crippen LogP contribution >= 0.6 is 15.9 Å². The molecule has 2 aromatic rings. The summed E-state index contributed by atoms with van der Waals surface area (Å²) < 4.78 is 11.4. The quantitative estimate of drug-likeness (QED) is 0.463. The fourth-order valence-electron chi connectivity index (χ4n) is 3.01. The van der Waals surface area contributed by atoms with Crippen LogP contribution in [0.25, 0.3) is 0 Å². The molecule has 0 aliphatic carbocycles. The number of ether oxygens (including phenoxy) is 2. The van der Waals surface area contributed by atoms with Crippen LogP contribution in [0.5, 0.6) is 5.75 Å². The molecule has 0 radical (unpaired) electrons. The van der Waals surface area contributed by atoms with Crippen molar-refractivity contribution in [2.75, 3.05) is 38.7 Å². The van der Waals surface area contributed by atoms with Crippen LogP contribution in [0.15, 0.2) is 46.9 Å². The van der Waals surface area contributed by atoms with Crippen LogP contribution in [0.3, 0.4) is 0 Å². The van der Waals surface area contributed by atoms with E-state index in [1.54, 1.807) is 43.5 Å². The Balaban J connectivity index is 2.19. The molecule has 0 saturated heterocycles. The number of carbonyl (C=O) groups excluding carboxylic acids is 2. The number of halogens is 1. The summed E-state index contributed by atoms with van der Waals surface area (Å²) in [5.41, 5.74) is 1.51. The van der Waals surface area contributed by atoms with Crippen molar-refractivity contribution in [1.29, 1.82) is 0 Å². The van der Waals surface area contributed by atoms with Crippen LogP contribution in [0.1, 0.15) is 47.4 Å². The van der Waals surface area contributed by atoms with Gasteiger partial charge in [-0.2, -0.15) is 0 Å². The summed E-state index contributed by atoms with van der Waals surface area (Å²) in [5, 5.41) is 2.87. The SMILES string of the molecule is CCCN(CCC)C(=O)c1cccc(NC(=O)c2cc(Br)ccc2OCCOC)c1. The van der Waals surface area contributed by atoms with E-state index in [1.165, 1.54) is 0 Å². The molecule has 0 atom stereocenters. The van der Waals surface area contributed by atoms with Crippen molar-refractivity contribution in [1.82, 2.24) is 4.90 Å². The molecule has 0 aliphatic heterocycles. The zero-order chi connectivity index (χ0) is 21.9. The molecule has 2 amide bonds. The summed E-state index contributed by atoms with van der Waals surface area (Å²) >= 11 is 3.40. The molecule has 0 spiro atoms. The largest absolute Gasteiger partial charge is 0.490 e. The first-order chi connectivity index (χ1) is 14.5. The number of benzene rings is 2. The summed E-state index contributed by atoms with van der Waals surface area (Å²) in [6, 6.07) is 12.3. The van der Waals surface area contributed by atoms with E-state index >= 15 is 0 Å². The lowest BCUT2D eigenvalue weighted by atomic mass is 10.1. The Morgan fingerprint density at radius 3 is 2.43 bits per heavy atom. The van der Waals surface area contributed by atoms with E-state index in [9.17, 15) is 9.59 Å². The van der Waals surface area contributed by atoms with Crippen molar-refractivity contribution < 1.29 is 19.1 Å². The van der Waals surface area contributed by atoms with E-state index in [4.69, 9.17) is 9.47 Å². The minimum Gasteiger partial charge on any atom is -0.490 e. The van der Waals surface area contributed by atoms with Crippen LogP contribution < -0.4 is 10.1 Å². The number of nitrogens with one attached hydrogen (secondary N) is 1. The highest BCUT2D eigenvalue weighted by Gasteiger charge is 2.17. The Morgan fingerprint density at radius 1 is 1.03 bits per heavy atom. The fourth-order valence-corrected chi connectivity index (χ4v) is 3.37. The lowest BCUT2D eigenvalue weighted by Crippen LogP contribution is -2.32. The van der Waals surface area contributed by atoms with E-state index < -0.39 is 0 Å². The third-order valence-corrected chi connectivity index (χ3v) is 4.87. The van der Waals surface area contributed by atoms with E-state index in [0.717, 1.165) is 17.3 Å². The molecule has 0 aliphatic rings. The molecular formula is C23H29BrN2O4. The highest BCUT2D eigenvalue weighted by atomic mass is 79.9. The second-order valence-corrected chi connectivity index (χ2v) is 7.72. The van der Waals surface area contributed by atoms with Crippen molar-refractivity contribution in [2.24, 2.45) is 0 Å². The minimum absolute atomic E-state index is 0.0270. The van der Waals surface area contributed by atoms with E-state index in [0.29, 0.717) is 48.9 Å². The zero-order valence-electron chi connectivity index (χ0n) is 17.7. The maximum absolute atomic E-state index is 12.9. The Morgan fingerprint density at radius 2 is 1.77 bits per heavy atom. The molecule has 0 heterocycles. The van der Waals surface area contributed by atoms with Gasteiger partial charge in [0.25, 0.3) is 11.8 Å². The number of rotatable bonds is 11. The first kappa shape index (κ1) is 23.9. The maximum Gasteiger partial charge on any atom is 0.259 e. The summed E-state index contributed by atoms with van der Waals surface area (Å²) in [5.74, 6) is 0.130. The van der Waals surface area contributed by atoms with Crippen molar-refractivity contribution >= 4 is 33.4 Å². The number of methoxy groups -OCH3 is 1. The van der Waals surface area contributed by atoms with E-state index in [-0.39, 0.29) is 11.8 Å². The average Bonchev–Trinajstić information content (AvgIpc) is 2.74. The molecule has 0 aromatic heterocycles. The van der Waals surface area contributed by atoms with Crippen molar-refractivity contribution in [3.63, 3.8) is 0 Å². The van der Waals surface area contributed by atoms with Crippen molar-refractivity contribution in [2.45, 2.75) is 26.7 Å². The van der Waals surface area contributed by atoms with Gasteiger partial charge in [0.2, 0.25) is 0 Å². The Bertz CT molecular complexity index is 851. The van der Waals surface area contributed by atoms with Gasteiger partial charge in [-0.25, -0.2) is 0 Å². The molecule has 0 bridgehead atoms. The topological polar surface area (TPSA) is 67.9 Å². The standard InChI is InChI=1S/C23H29BrN2O4/c1-4-11-26(12-5-2)23(28)17-7-6-8-19(15-17)25-22(27)20-16-18(24)9-10-21(20)30-14-13-29-3/h6-10,15-16H,4-5,11-14H2,1-3H3,(H,25,27). The third-order valence-electron chi connectivity index (χ3n) is 4.37. The van der Waals surface area contributed by atoms with Gasteiger partial charge in [0.15, 0.2) is 0 Å². The van der Waals surface area contributed by atoms with Crippen LogP contribution in [0.4, 0.5) is 5.69 Å². The molecule has 2 rings (SSSR count). The van der Waals surface area contributed by atoms with Crippen LogP contribution in [0, 0.1) is 0 Å². The predicted molar refractivity (Wildman–Crippen MR) is 122 cm³/mol. The molecule has 30 heavy (non-hydrogen) atoms. The van der Waals surface area contributed by atoms with Gasteiger partial charge in [0, 0.05) is 35.9 Å². The van der Waals surface area contributed by atoms with Crippen LogP contribution in [0.2, 0.25) is 0 Å². The molecule has 2 aromatic carbocycles. The Labute approximate surface area is 186 Å². The lowest BCUT2D eigenvalue weighted by molar-refractivity contribution is 0.0755. The Hall–Kier alpha value is -2.38. The maximum atomic E-state index is 12.9. The van der Waals surface area contributed by atoms with Crippen LogP contribution in [-0.4, -0.2) is 50.1 Å². The van der Waals surface area contributed by atoms with E-state index in [2.05, 4.69) is 35.1 Å². The van der Waals surface area contributed by atoms with Crippen molar-refractivity contribution in [3.8, 4) is 5.75 Å². The smallest absolute Gasteiger partial charge is 0.259 e. The lowest BCUT2D eigenvalue weighted by Gasteiger charge is -2.21. The monoisotopic (exact) mass is 476 g/mol. The minimum atomic E-state index is -0.313. The fraction of sp³-hybridized carbons (Fsp3) is 0.391. The average molecular weight is 477 g/mol. The first-order valence-electron chi connectivity index (χ1n) is 10.1. The Kier molecular flexibility index (Phi) is 9.83. The number of hydrogen-bond acceptors (Lipinski definition) is 4. The van der Waals surface area contributed by atoms with Gasteiger partial charge in [0.1, 0.15) is 12.4 Å². The van der Waals surface area contributed by atoms with E-state index in [1.807, 2.05) is 11.0 Å². The highest BCUT2D eigenvalue weighted by Crippen LogP contribution is 2.25. The van der Waals surface area contributed by atoms with Gasteiger partial charge in [0.05, 0.1) is 12.2 Å². The molecule has 0 unspecified atom stereocenters. The van der Waals surface area contributed by atoms with Gasteiger partial charge in [-0.1, -0.05) is 35.8 Å². The van der Waals surface area contributed by atoms with Gasteiger partial charge < -0.3 is 19.7 Å². The second kappa shape index (κ2) is 12.3. The number of nitrogens with zero attached hydrogens (tertiary/aromatic N) is 1. The number of amides is 2. The molecular weight excluding hydrogens is 448 g/mol. The van der Waals surface area contributed by atoms with Gasteiger partial charge in [-0.15, -0.1) is 0 Å². The summed E-state index contributed by atoms with van der Waals surface area (Å²) in [7, 11) is 1.59. The third kappa shape index (κ3) is 6.85. The summed E-state index contributed by atoms with van der Waals surface area (Å²) in [4.78, 5) is 27.6. The number of hydrogen-bond donors (Lipinski definition) is 1. The van der Waals surface area contributed by atoms with Gasteiger partial charge in [-0.3, -0.25) is 9.59 Å². The van der Waals surface area contributed by atoms with Crippen molar-refractivity contribution in [3.05, 3.63) is 58.1 Å². The molecule has 162 valence electrons.